The van der Waals surface area contributed by atoms with E-state index in [4.69, 9.17) is 0 Å². The predicted octanol–water partition coefficient (Wildman–Crippen LogP) is 3.19. The maximum Gasteiger partial charge on any atom is 0.250 e. The van der Waals surface area contributed by atoms with Crippen LogP contribution in [0.1, 0.15) is 23.5 Å². The minimum absolute atomic E-state index is 0.0427. The fourth-order valence-corrected chi connectivity index (χ4v) is 3.05. The highest BCUT2D eigenvalue weighted by Gasteiger charge is 2.14. The zero-order valence-corrected chi connectivity index (χ0v) is 14.5. The van der Waals surface area contributed by atoms with Gasteiger partial charge in [0, 0.05) is 24.7 Å². The maximum absolute atomic E-state index is 12.1. The molecule has 1 N–H and O–H groups in total. The number of rotatable bonds is 7. The zero-order valence-electron chi connectivity index (χ0n) is 14.5. The standard InChI is InChI=1S/C22H22N2O2/c25-21(17-24-16-8-7-13-22(24)26)23-15-14-20(18-9-3-1-4-10-18)19-11-5-2-6-12-19/h1-13,16,20H,14-15,17H2,(H,23,25). The Morgan fingerprint density at radius 2 is 1.42 bits per heavy atom. The summed E-state index contributed by atoms with van der Waals surface area (Å²) in [6, 6.07) is 25.5. The number of hydrogen-bond acceptors (Lipinski definition) is 2. The van der Waals surface area contributed by atoms with Crippen LogP contribution in [0.5, 0.6) is 0 Å². The Morgan fingerprint density at radius 3 is 2.00 bits per heavy atom. The Morgan fingerprint density at radius 1 is 0.846 bits per heavy atom. The topological polar surface area (TPSA) is 51.1 Å². The first-order valence-corrected chi connectivity index (χ1v) is 8.76. The molecule has 0 spiro atoms. The molecule has 0 radical (unpaired) electrons. The van der Waals surface area contributed by atoms with Gasteiger partial charge in [0.2, 0.25) is 5.91 Å². The Balaban J connectivity index is 1.62. The van der Waals surface area contributed by atoms with Gasteiger partial charge in [0.05, 0.1) is 0 Å². The van der Waals surface area contributed by atoms with Crippen LogP contribution < -0.4 is 10.9 Å². The molecule has 1 heterocycles. The number of amides is 1. The number of benzene rings is 2. The molecule has 0 saturated carbocycles. The maximum atomic E-state index is 12.1. The first kappa shape index (κ1) is 17.7. The molecule has 2 aromatic carbocycles. The van der Waals surface area contributed by atoms with Crippen LogP contribution in [-0.4, -0.2) is 17.0 Å². The quantitative estimate of drug-likeness (QED) is 0.714. The van der Waals surface area contributed by atoms with Crippen molar-refractivity contribution >= 4 is 5.91 Å². The van der Waals surface area contributed by atoms with Crippen LogP contribution in [0.4, 0.5) is 0 Å². The molecule has 0 saturated heterocycles. The summed E-state index contributed by atoms with van der Waals surface area (Å²) in [5.41, 5.74) is 2.29. The summed E-state index contributed by atoms with van der Waals surface area (Å²) >= 11 is 0. The van der Waals surface area contributed by atoms with E-state index in [2.05, 4.69) is 29.6 Å². The van der Waals surface area contributed by atoms with Crippen molar-refractivity contribution in [2.45, 2.75) is 18.9 Å². The summed E-state index contributed by atoms with van der Waals surface area (Å²) in [4.78, 5) is 23.8. The third-order valence-electron chi connectivity index (χ3n) is 4.37. The second-order valence-corrected chi connectivity index (χ2v) is 6.18. The van der Waals surface area contributed by atoms with Crippen molar-refractivity contribution in [3.8, 4) is 0 Å². The van der Waals surface area contributed by atoms with Crippen LogP contribution in [0, 0.1) is 0 Å². The Bertz CT molecular complexity index is 849. The highest BCUT2D eigenvalue weighted by molar-refractivity contribution is 5.75. The Kier molecular flexibility index (Phi) is 5.99. The fraction of sp³-hybridized carbons (Fsp3) is 0.182. The third kappa shape index (κ3) is 4.70. The number of aromatic nitrogens is 1. The van der Waals surface area contributed by atoms with Gasteiger partial charge in [0.15, 0.2) is 0 Å². The molecule has 0 aliphatic heterocycles. The summed E-state index contributed by atoms with van der Waals surface area (Å²) in [7, 11) is 0. The van der Waals surface area contributed by atoms with Gasteiger partial charge in [-0.3, -0.25) is 9.59 Å². The van der Waals surface area contributed by atoms with Crippen molar-refractivity contribution in [1.29, 1.82) is 0 Å². The van der Waals surface area contributed by atoms with Crippen molar-refractivity contribution < 1.29 is 4.79 Å². The SMILES string of the molecule is O=C(Cn1ccccc1=O)NCCC(c1ccccc1)c1ccccc1. The zero-order chi connectivity index (χ0) is 18.2. The summed E-state index contributed by atoms with van der Waals surface area (Å²) < 4.78 is 1.40. The van der Waals surface area contributed by atoms with Gasteiger partial charge in [-0.1, -0.05) is 66.7 Å². The van der Waals surface area contributed by atoms with E-state index in [-0.39, 0.29) is 23.9 Å². The van der Waals surface area contributed by atoms with E-state index in [0.29, 0.717) is 6.54 Å². The van der Waals surface area contributed by atoms with Crippen molar-refractivity contribution in [3.63, 3.8) is 0 Å². The molecule has 0 aliphatic carbocycles. The van der Waals surface area contributed by atoms with Crippen LogP contribution in [0.3, 0.4) is 0 Å². The minimum atomic E-state index is -0.172. The molecule has 132 valence electrons. The Labute approximate surface area is 153 Å². The molecule has 0 bridgehead atoms. The lowest BCUT2D eigenvalue weighted by atomic mass is 9.88. The number of hydrogen-bond donors (Lipinski definition) is 1. The lowest BCUT2D eigenvalue weighted by Crippen LogP contribution is -2.32. The summed E-state index contributed by atoms with van der Waals surface area (Å²) in [5.74, 6) is 0.0651. The van der Waals surface area contributed by atoms with E-state index in [9.17, 15) is 9.59 Å². The number of carbonyl (C=O) groups excluding carboxylic acids is 1. The highest BCUT2D eigenvalue weighted by Crippen LogP contribution is 2.27. The predicted molar refractivity (Wildman–Crippen MR) is 103 cm³/mol. The molecular weight excluding hydrogens is 324 g/mol. The van der Waals surface area contributed by atoms with Gasteiger partial charge >= 0.3 is 0 Å². The summed E-state index contributed by atoms with van der Waals surface area (Å²) in [5, 5.41) is 2.93. The Hall–Kier alpha value is -3.14. The average molecular weight is 346 g/mol. The second kappa shape index (κ2) is 8.81. The molecular formula is C22H22N2O2. The van der Waals surface area contributed by atoms with E-state index in [1.165, 1.54) is 21.8 Å². The van der Waals surface area contributed by atoms with E-state index >= 15 is 0 Å². The van der Waals surface area contributed by atoms with E-state index in [0.717, 1.165) is 6.42 Å². The first-order chi connectivity index (χ1) is 12.7. The number of carbonyl (C=O) groups is 1. The van der Waals surface area contributed by atoms with Gasteiger partial charge in [-0.2, -0.15) is 0 Å². The van der Waals surface area contributed by atoms with E-state index in [1.54, 1.807) is 18.3 Å². The molecule has 0 atom stereocenters. The molecule has 4 heteroatoms. The van der Waals surface area contributed by atoms with Crippen LogP contribution in [0.15, 0.2) is 89.9 Å². The van der Waals surface area contributed by atoms with Crippen LogP contribution >= 0.6 is 0 Å². The van der Waals surface area contributed by atoms with E-state index < -0.39 is 0 Å². The first-order valence-electron chi connectivity index (χ1n) is 8.76. The summed E-state index contributed by atoms with van der Waals surface area (Å²) in [6.07, 6.45) is 2.42. The van der Waals surface area contributed by atoms with Crippen LogP contribution in [0.25, 0.3) is 0 Å². The normalized spacial score (nSPS) is 10.7. The van der Waals surface area contributed by atoms with Crippen molar-refractivity contribution in [3.05, 3.63) is 107 Å². The molecule has 0 fully saturated rings. The van der Waals surface area contributed by atoms with Gasteiger partial charge in [0.25, 0.3) is 5.56 Å². The molecule has 0 unspecified atom stereocenters. The number of nitrogens with one attached hydrogen (secondary N) is 1. The van der Waals surface area contributed by atoms with Gasteiger partial charge < -0.3 is 9.88 Å². The van der Waals surface area contributed by atoms with Gasteiger partial charge in [-0.25, -0.2) is 0 Å². The van der Waals surface area contributed by atoms with Crippen LogP contribution in [0.2, 0.25) is 0 Å². The lowest BCUT2D eigenvalue weighted by molar-refractivity contribution is -0.121. The molecule has 1 amide bonds. The monoisotopic (exact) mass is 346 g/mol. The third-order valence-corrected chi connectivity index (χ3v) is 4.37. The van der Waals surface area contributed by atoms with Crippen LogP contribution in [-0.2, 0) is 11.3 Å². The molecule has 26 heavy (non-hydrogen) atoms. The van der Waals surface area contributed by atoms with E-state index in [1.807, 2.05) is 36.4 Å². The van der Waals surface area contributed by atoms with Gasteiger partial charge in [-0.05, 0) is 23.6 Å². The summed E-state index contributed by atoms with van der Waals surface area (Å²) in [6.45, 7) is 0.593. The average Bonchev–Trinajstić information content (AvgIpc) is 2.68. The number of pyridine rings is 1. The number of nitrogens with zero attached hydrogens (tertiary/aromatic N) is 1. The molecule has 3 aromatic rings. The smallest absolute Gasteiger partial charge is 0.250 e. The minimum Gasteiger partial charge on any atom is -0.355 e. The lowest BCUT2D eigenvalue weighted by Gasteiger charge is -2.18. The van der Waals surface area contributed by atoms with Crippen molar-refractivity contribution in [2.24, 2.45) is 0 Å². The van der Waals surface area contributed by atoms with Crippen molar-refractivity contribution in [2.75, 3.05) is 6.54 Å². The largest absolute Gasteiger partial charge is 0.355 e. The van der Waals surface area contributed by atoms with Gasteiger partial charge in [-0.15, -0.1) is 0 Å². The molecule has 0 aliphatic rings. The highest BCUT2D eigenvalue weighted by atomic mass is 16.2. The molecule has 1 aromatic heterocycles. The molecule has 3 rings (SSSR count). The fourth-order valence-electron chi connectivity index (χ4n) is 3.05. The van der Waals surface area contributed by atoms with Crippen molar-refractivity contribution in [1.82, 2.24) is 9.88 Å². The molecule has 4 nitrogen and oxygen atoms in total. The second-order valence-electron chi connectivity index (χ2n) is 6.18. The van der Waals surface area contributed by atoms with Gasteiger partial charge in [0.1, 0.15) is 6.54 Å².